The van der Waals surface area contributed by atoms with E-state index in [2.05, 4.69) is 62.2 Å². The quantitative estimate of drug-likeness (QED) is 0.373. The minimum Gasteiger partial charge on any atom is -0.326 e. The van der Waals surface area contributed by atoms with E-state index in [1.54, 1.807) is 17.2 Å². The van der Waals surface area contributed by atoms with Crippen molar-refractivity contribution in [3.63, 3.8) is 0 Å². The van der Waals surface area contributed by atoms with Gasteiger partial charge in [0.15, 0.2) is 0 Å². The zero-order valence-electron chi connectivity index (χ0n) is 21.0. The molecule has 4 nitrogen and oxygen atoms in total. The smallest absolute Gasteiger partial charge is 0.230 e. The maximum absolute atomic E-state index is 14.3. The maximum Gasteiger partial charge on any atom is 0.230 e. The number of amides is 1. The summed E-state index contributed by atoms with van der Waals surface area (Å²) in [6, 6.07) is 19.6. The van der Waals surface area contributed by atoms with Crippen LogP contribution in [0.2, 0.25) is 0 Å². The fourth-order valence-corrected chi connectivity index (χ4v) is 4.64. The van der Waals surface area contributed by atoms with Gasteiger partial charge in [0.05, 0.1) is 5.69 Å². The number of aryl methyl sites for hydroxylation is 1. The van der Waals surface area contributed by atoms with Gasteiger partial charge in [-0.1, -0.05) is 70.0 Å². The molecule has 1 amide bonds. The molecule has 1 saturated carbocycles. The Morgan fingerprint density at radius 1 is 1.09 bits per heavy atom. The molecule has 3 aromatic rings. The highest BCUT2D eigenvalue weighted by Crippen LogP contribution is 2.49. The monoisotopic (exact) mass is 473 g/mol. The van der Waals surface area contributed by atoms with Crippen LogP contribution < -0.4 is 10.6 Å². The topological polar surface area (TPSA) is 59.2 Å². The fourth-order valence-electron chi connectivity index (χ4n) is 4.64. The summed E-state index contributed by atoms with van der Waals surface area (Å²) in [6.45, 7) is 6.84. The summed E-state index contributed by atoms with van der Waals surface area (Å²) in [6.07, 6.45) is 5.36. The van der Waals surface area contributed by atoms with Gasteiger partial charge in [0.1, 0.15) is 5.82 Å². The third kappa shape index (κ3) is 5.79. The minimum atomic E-state index is -0.343. The highest BCUT2D eigenvalue weighted by Gasteiger charge is 2.48. The normalized spacial score (nSPS) is 18.7. The van der Waals surface area contributed by atoms with Crippen LogP contribution in [0.5, 0.6) is 0 Å². The predicted molar refractivity (Wildman–Crippen MR) is 141 cm³/mol. The van der Waals surface area contributed by atoms with Crippen LogP contribution >= 0.6 is 0 Å². The number of pyridine rings is 1. The molecule has 0 aliphatic heterocycles. The molecule has 2 N–H and O–H groups in total. The Hall–Kier alpha value is -3.05. The number of hydrogen-bond acceptors (Lipinski definition) is 3. The third-order valence-corrected chi connectivity index (χ3v) is 7.28. The van der Waals surface area contributed by atoms with Gasteiger partial charge in [-0.3, -0.25) is 9.78 Å². The largest absolute Gasteiger partial charge is 0.326 e. The molecule has 1 fully saturated rings. The van der Waals surface area contributed by atoms with Gasteiger partial charge in [-0.2, -0.15) is 0 Å². The molecule has 1 aromatic heterocycles. The van der Waals surface area contributed by atoms with Crippen molar-refractivity contribution in [1.82, 2.24) is 4.98 Å². The van der Waals surface area contributed by atoms with Crippen molar-refractivity contribution in [1.29, 1.82) is 0 Å². The molecule has 35 heavy (non-hydrogen) atoms. The Bertz CT molecular complexity index is 1130. The number of benzene rings is 2. The first-order valence-electron chi connectivity index (χ1n) is 12.8. The van der Waals surface area contributed by atoms with Gasteiger partial charge in [-0.05, 0) is 59.7 Å². The van der Waals surface area contributed by atoms with Gasteiger partial charge < -0.3 is 10.6 Å². The summed E-state index contributed by atoms with van der Waals surface area (Å²) in [5.41, 5.74) is 11.3. The molecule has 184 valence electrons. The minimum absolute atomic E-state index is 0.00419. The van der Waals surface area contributed by atoms with Crippen LogP contribution in [0.1, 0.15) is 57.2 Å². The molecule has 5 heteroatoms. The van der Waals surface area contributed by atoms with Crippen molar-refractivity contribution < 1.29 is 9.18 Å². The summed E-state index contributed by atoms with van der Waals surface area (Å²) in [4.78, 5) is 19.6. The Morgan fingerprint density at radius 3 is 2.34 bits per heavy atom. The highest BCUT2D eigenvalue weighted by molar-refractivity contribution is 5.97. The van der Waals surface area contributed by atoms with E-state index in [0.717, 1.165) is 36.1 Å². The second-order valence-corrected chi connectivity index (χ2v) is 9.81. The van der Waals surface area contributed by atoms with Crippen molar-refractivity contribution in [2.24, 2.45) is 17.6 Å². The van der Waals surface area contributed by atoms with Gasteiger partial charge >= 0.3 is 0 Å². The molecule has 2 aromatic carbocycles. The molecule has 0 spiro atoms. The predicted octanol–water partition coefficient (Wildman–Crippen LogP) is 6.35. The summed E-state index contributed by atoms with van der Waals surface area (Å²) < 4.78 is 14.3. The van der Waals surface area contributed by atoms with Gasteiger partial charge in [0.2, 0.25) is 5.91 Å². The van der Waals surface area contributed by atoms with Crippen LogP contribution in [0.15, 0.2) is 66.9 Å². The first-order chi connectivity index (χ1) is 16.9. The zero-order valence-corrected chi connectivity index (χ0v) is 21.0. The van der Waals surface area contributed by atoms with E-state index in [0.29, 0.717) is 18.7 Å². The number of rotatable bonds is 10. The van der Waals surface area contributed by atoms with E-state index in [1.165, 1.54) is 11.6 Å². The number of anilines is 1. The molecule has 1 heterocycles. The van der Waals surface area contributed by atoms with Gasteiger partial charge in [-0.15, -0.1) is 0 Å². The van der Waals surface area contributed by atoms with E-state index in [9.17, 15) is 9.18 Å². The number of carbonyl (C=O) groups excluding carboxylic acids is 1. The molecule has 0 bridgehead atoms. The van der Waals surface area contributed by atoms with Crippen LogP contribution in [-0.2, 0) is 11.2 Å². The van der Waals surface area contributed by atoms with Crippen LogP contribution in [0.3, 0.4) is 0 Å². The number of halogens is 1. The number of aromatic nitrogens is 1. The lowest BCUT2D eigenvalue weighted by atomic mass is 9.98. The summed E-state index contributed by atoms with van der Waals surface area (Å²) in [5.74, 6) is -0.504. The number of nitrogens with two attached hydrogens (primary N) is 1. The molecule has 1 aliphatic rings. The van der Waals surface area contributed by atoms with E-state index in [-0.39, 0.29) is 35.5 Å². The second-order valence-electron chi connectivity index (χ2n) is 9.81. The standard InChI is InChI=1S/C30H36FN3O/c1-4-7-21-9-11-22(12-10-21)23-13-15-24(16-14-23)34(19-28(32)20(3)5-2)30(35)26-18-25(26)29-27(31)8-6-17-33-29/h6,8-17,20,25-26,28H,4-5,7,18-19,32H2,1-3H3/t20-,25+,26+,28+/m0/s1. The van der Waals surface area contributed by atoms with Crippen molar-refractivity contribution in [2.45, 2.75) is 58.4 Å². The lowest BCUT2D eigenvalue weighted by Gasteiger charge is -2.29. The molecule has 4 rings (SSSR count). The number of nitrogens with zero attached hydrogens (tertiary/aromatic N) is 2. The van der Waals surface area contributed by atoms with E-state index < -0.39 is 0 Å². The first kappa shape index (κ1) is 25.1. The molecular weight excluding hydrogens is 437 g/mol. The average Bonchev–Trinajstić information content (AvgIpc) is 3.68. The van der Waals surface area contributed by atoms with Gasteiger partial charge in [0, 0.05) is 36.3 Å². The van der Waals surface area contributed by atoms with Crippen molar-refractivity contribution in [3.05, 3.63) is 83.9 Å². The van der Waals surface area contributed by atoms with E-state index >= 15 is 0 Å². The van der Waals surface area contributed by atoms with Crippen LogP contribution in [-0.4, -0.2) is 23.5 Å². The Balaban J connectivity index is 1.55. The highest BCUT2D eigenvalue weighted by atomic mass is 19.1. The van der Waals surface area contributed by atoms with Gasteiger partial charge in [0.25, 0.3) is 0 Å². The molecule has 1 aliphatic carbocycles. The summed E-state index contributed by atoms with van der Waals surface area (Å²) in [7, 11) is 0. The maximum atomic E-state index is 14.3. The van der Waals surface area contributed by atoms with Crippen LogP contribution in [0, 0.1) is 17.7 Å². The number of carbonyl (C=O) groups is 1. The molecule has 0 unspecified atom stereocenters. The third-order valence-electron chi connectivity index (χ3n) is 7.28. The SMILES string of the molecule is CCCc1ccc(-c2ccc(N(C[C@@H](N)[C@@H](C)CC)C(=O)[C@@H]3C[C@H]3c3ncccc3F)cc2)cc1. The first-order valence-corrected chi connectivity index (χ1v) is 12.8. The zero-order chi connectivity index (χ0) is 24.9. The lowest BCUT2D eigenvalue weighted by molar-refractivity contribution is -0.120. The van der Waals surface area contributed by atoms with Crippen molar-refractivity contribution in [2.75, 3.05) is 11.4 Å². The fraction of sp³-hybridized carbons (Fsp3) is 0.400. The summed E-state index contributed by atoms with van der Waals surface area (Å²) in [5, 5.41) is 0. The van der Waals surface area contributed by atoms with Crippen molar-refractivity contribution >= 4 is 11.6 Å². The van der Waals surface area contributed by atoms with Crippen LogP contribution in [0.25, 0.3) is 11.1 Å². The van der Waals surface area contributed by atoms with Gasteiger partial charge in [-0.25, -0.2) is 4.39 Å². The molecule has 0 radical (unpaired) electrons. The molecular formula is C30H36FN3O. The Labute approximate surface area is 208 Å². The number of hydrogen-bond donors (Lipinski definition) is 1. The van der Waals surface area contributed by atoms with E-state index in [4.69, 9.17) is 5.73 Å². The van der Waals surface area contributed by atoms with E-state index in [1.807, 2.05) is 12.1 Å². The Morgan fingerprint density at radius 2 is 1.74 bits per heavy atom. The second kappa shape index (κ2) is 11.1. The van der Waals surface area contributed by atoms with Crippen LogP contribution in [0.4, 0.5) is 10.1 Å². The molecule has 0 saturated heterocycles. The summed E-state index contributed by atoms with van der Waals surface area (Å²) >= 11 is 0. The lowest BCUT2D eigenvalue weighted by Crippen LogP contribution is -2.45. The van der Waals surface area contributed by atoms with Crippen molar-refractivity contribution in [3.8, 4) is 11.1 Å². The molecule has 4 atom stereocenters. The average molecular weight is 474 g/mol. The Kier molecular flexibility index (Phi) is 7.97.